The molecule has 4 N–H and O–H groups in total. The van der Waals surface area contributed by atoms with E-state index in [1.807, 2.05) is 0 Å². The number of amides is 1. The number of anilines is 2. The molecule has 154 valence electrons. The Morgan fingerprint density at radius 3 is 2.43 bits per heavy atom. The molecule has 3 rings (SSSR count). The van der Waals surface area contributed by atoms with Crippen molar-refractivity contribution in [3.05, 3.63) is 76.7 Å². The van der Waals surface area contributed by atoms with Crippen molar-refractivity contribution in [2.75, 3.05) is 11.1 Å². The number of aliphatic hydroxyl groups is 1. The number of halogens is 3. The topological polar surface area (TPSA) is 105 Å². The van der Waals surface area contributed by atoms with Crippen LogP contribution in [0.4, 0.5) is 24.7 Å². The van der Waals surface area contributed by atoms with Crippen molar-refractivity contribution in [3.8, 4) is 11.1 Å². The molecule has 30 heavy (non-hydrogen) atoms. The molecule has 0 fully saturated rings. The third-order valence-corrected chi connectivity index (χ3v) is 4.41. The summed E-state index contributed by atoms with van der Waals surface area (Å²) >= 11 is 0. The number of rotatable bonds is 5. The quantitative estimate of drug-likeness (QED) is 0.553. The minimum absolute atomic E-state index is 0.0403. The minimum Gasteiger partial charge on any atom is -0.383 e. The van der Waals surface area contributed by atoms with Gasteiger partial charge in [0.25, 0.3) is 5.91 Å². The fourth-order valence-electron chi connectivity index (χ4n) is 2.91. The Morgan fingerprint density at radius 1 is 1.13 bits per heavy atom. The van der Waals surface area contributed by atoms with Gasteiger partial charge >= 0.3 is 0 Å². The van der Waals surface area contributed by atoms with Crippen LogP contribution in [-0.4, -0.2) is 22.3 Å². The van der Waals surface area contributed by atoms with Gasteiger partial charge in [0.15, 0.2) is 12.4 Å². The van der Waals surface area contributed by atoms with E-state index in [2.05, 4.69) is 10.3 Å². The monoisotopic (exact) mass is 415 g/mol. The summed E-state index contributed by atoms with van der Waals surface area (Å²) in [7, 11) is 0. The highest BCUT2D eigenvalue weighted by atomic mass is 19.1. The molecular weight excluding hydrogens is 399 g/mol. The van der Waals surface area contributed by atoms with Crippen LogP contribution in [0.3, 0.4) is 0 Å². The molecule has 1 amide bonds. The van der Waals surface area contributed by atoms with Gasteiger partial charge in [-0.3, -0.25) is 9.59 Å². The standard InChI is InChI=1S/C21H16F3N3O3/c1-10-2-18(27-21(30)19(29)11-4-14(22)6-15(23)5-11)17(24)7-16(10)12-3-13(9-28)20(25)26-8-12/h2-9,19,29H,1H3,(H2,25,26)(H,27,30). The first-order valence-electron chi connectivity index (χ1n) is 8.65. The lowest BCUT2D eigenvalue weighted by atomic mass is 9.99. The number of nitrogens with zero attached hydrogens (tertiary/aromatic N) is 1. The average Bonchev–Trinajstić information content (AvgIpc) is 2.69. The molecule has 1 heterocycles. The van der Waals surface area contributed by atoms with E-state index in [-0.39, 0.29) is 22.6 Å². The number of aromatic nitrogens is 1. The van der Waals surface area contributed by atoms with Crippen LogP contribution in [0.5, 0.6) is 0 Å². The van der Waals surface area contributed by atoms with Crippen molar-refractivity contribution < 1.29 is 27.9 Å². The molecule has 0 spiro atoms. The molecule has 0 radical (unpaired) electrons. The largest absolute Gasteiger partial charge is 0.383 e. The number of nitrogen functional groups attached to an aromatic ring is 1. The van der Waals surface area contributed by atoms with Crippen molar-refractivity contribution in [1.29, 1.82) is 0 Å². The third-order valence-electron chi connectivity index (χ3n) is 4.41. The summed E-state index contributed by atoms with van der Waals surface area (Å²) in [6.45, 7) is 1.64. The molecule has 0 aliphatic rings. The Hall–Kier alpha value is -3.72. The third kappa shape index (κ3) is 4.31. The van der Waals surface area contributed by atoms with Crippen molar-refractivity contribution in [1.82, 2.24) is 4.98 Å². The maximum Gasteiger partial charge on any atom is 0.257 e. The number of hydrogen-bond acceptors (Lipinski definition) is 5. The highest BCUT2D eigenvalue weighted by molar-refractivity contribution is 5.95. The van der Waals surface area contributed by atoms with E-state index in [0.717, 1.165) is 18.2 Å². The number of aldehydes is 1. The molecule has 0 aliphatic carbocycles. The van der Waals surface area contributed by atoms with Crippen LogP contribution < -0.4 is 11.1 Å². The van der Waals surface area contributed by atoms with Crippen molar-refractivity contribution in [3.63, 3.8) is 0 Å². The van der Waals surface area contributed by atoms with Crippen LogP contribution in [0.2, 0.25) is 0 Å². The maximum atomic E-state index is 14.6. The Balaban J connectivity index is 1.88. The molecule has 9 heteroatoms. The van der Waals surface area contributed by atoms with E-state index >= 15 is 0 Å². The average molecular weight is 415 g/mol. The number of nitrogens with two attached hydrogens (primary N) is 1. The SMILES string of the molecule is Cc1cc(NC(=O)C(O)c2cc(F)cc(F)c2)c(F)cc1-c1cnc(N)c(C=O)c1. The first-order chi connectivity index (χ1) is 14.2. The van der Waals surface area contributed by atoms with E-state index in [0.29, 0.717) is 29.0 Å². The van der Waals surface area contributed by atoms with Gasteiger partial charge < -0.3 is 16.2 Å². The number of hydrogen-bond donors (Lipinski definition) is 3. The molecule has 3 aromatic rings. The van der Waals surface area contributed by atoms with Crippen LogP contribution >= 0.6 is 0 Å². The molecule has 0 bridgehead atoms. The summed E-state index contributed by atoms with van der Waals surface area (Å²) in [6, 6.07) is 6.10. The fraction of sp³-hybridized carbons (Fsp3) is 0.0952. The van der Waals surface area contributed by atoms with Crippen LogP contribution in [0, 0.1) is 24.4 Å². The predicted octanol–water partition coefficient (Wildman–Crippen LogP) is 3.54. The fourth-order valence-corrected chi connectivity index (χ4v) is 2.91. The summed E-state index contributed by atoms with van der Waals surface area (Å²) in [5, 5.41) is 12.3. The Kier molecular flexibility index (Phi) is 5.84. The lowest BCUT2D eigenvalue weighted by molar-refractivity contribution is -0.124. The number of carbonyl (C=O) groups is 2. The van der Waals surface area contributed by atoms with E-state index in [4.69, 9.17) is 5.73 Å². The maximum absolute atomic E-state index is 14.6. The van der Waals surface area contributed by atoms with E-state index in [1.165, 1.54) is 18.3 Å². The summed E-state index contributed by atoms with van der Waals surface area (Å²) in [4.78, 5) is 27.2. The van der Waals surface area contributed by atoms with E-state index in [1.54, 1.807) is 6.92 Å². The molecule has 0 saturated carbocycles. The molecule has 6 nitrogen and oxygen atoms in total. The molecule has 1 atom stereocenters. The lowest BCUT2D eigenvalue weighted by Gasteiger charge is -2.15. The predicted molar refractivity (Wildman–Crippen MR) is 104 cm³/mol. The highest BCUT2D eigenvalue weighted by Crippen LogP contribution is 2.30. The normalized spacial score (nSPS) is 11.8. The van der Waals surface area contributed by atoms with Crippen molar-refractivity contribution in [2.24, 2.45) is 0 Å². The second-order valence-corrected chi connectivity index (χ2v) is 6.56. The molecular formula is C21H16F3N3O3. The van der Waals surface area contributed by atoms with Gasteiger partial charge in [0.1, 0.15) is 23.3 Å². The zero-order valence-electron chi connectivity index (χ0n) is 15.6. The van der Waals surface area contributed by atoms with Crippen molar-refractivity contribution >= 4 is 23.7 Å². The smallest absolute Gasteiger partial charge is 0.257 e. The van der Waals surface area contributed by atoms with Crippen molar-refractivity contribution in [2.45, 2.75) is 13.0 Å². The summed E-state index contributed by atoms with van der Waals surface area (Å²) in [6.07, 6.45) is -0.000998. The molecule has 1 unspecified atom stereocenters. The first-order valence-corrected chi connectivity index (χ1v) is 8.65. The van der Waals surface area contributed by atoms with Gasteiger partial charge in [-0.1, -0.05) is 0 Å². The molecule has 0 aliphatic heterocycles. The second kappa shape index (κ2) is 8.34. The summed E-state index contributed by atoms with van der Waals surface area (Å²) in [5.41, 5.74) is 6.56. The van der Waals surface area contributed by atoms with Gasteiger partial charge in [-0.15, -0.1) is 0 Å². The highest BCUT2D eigenvalue weighted by Gasteiger charge is 2.21. The van der Waals surface area contributed by atoms with E-state index in [9.17, 15) is 27.9 Å². The van der Waals surface area contributed by atoms with Crippen LogP contribution in [-0.2, 0) is 4.79 Å². The van der Waals surface area contributed by atoms with Gasteiger partial charge in [-0.05, 0) is 53.9 Å². The van der Waals surface area contributed by atoms with Crippen LogP contribution in [0.1, 0.15) is 27.6 Å². The lowest BCUT2D eigenvalue weighted by Crippen LogP contribution is -2.21. The number of pyridine rings is 1. The van der Waals surface area contributed by atoms with Gasteiger partial charge in [0.05, 0.1) is 11.3 Å². The van der Waals surface area contributed by atoms with Gasteiger partial charge in [-0.25, -0.2) is 18.2 Å². The second-order valence-electron chi connectivity index (χ2n) is 6.56. The summed E-state index contributed by atoms with van der Waals surface area (Å²) in [5.74, 6) is -3.78. The molecule has 1 aromatic heterocycles. The van der Waals surface area contributed by atoms with Crippen LogP contribution in [0.15, 0.2) is 42.6 Å². The van der Waals surface area contributed by atoms with Gasteiger partial charge in [0.2, 0.25) is 0 Å². The molecule has 0 saturated heterocycles. The zero-order valence-corrected chi connectivity index (χ0v) is 15.6. The number of carbonyl (C=O) groups excluding carboxylic acids is 2. The zero-order chi connectivity index (χ0) is 22.0. The van der Waals surface area contributed by atoms with Gasteiger partial charge in [0, 0.05) is 17.8 Å². The Bertz CT molecular complexity index is 1130. The Morgan fingerprint density at radius 2 is 1.80 bits per heavy atom. The number of aliphatic hydroxyl groups excluding tert-OH is 1. The first kappa shape index (κ1) is 21.0. The number of benzene rings is 2. The Labute approximate surface area is 169 Å². The number of aryl methyl sites for hydroxylation is 1. The molecule has 2 aromatic carbocycles. The minimum atomic E-state index is -1.91. The van der Waals surface area contributed by atoms with Gasteiger partial charge in [-0.2, -0.15) is 0 Å². The van der Waals surface area contributed by atoms with Crippen LogP contribution in [0.25, 0.3) is 11.1 Å². The number of nitrogens with one attached hydrogen (secondary N) is 1. The van der Waals surface area contributed by atoms with E-state index < -0.39 is 29.5 Å². The summed E-state index contributed by atoms with van der Waals surface area (Å²) < 4.78 is 41.2.